The summed E-state index contributed by atoms with van der Waals surface area (Å²) in [4.78, 5) is 15.6. The number of hydrogen-bond acceptors (Lipinski definition) is 8. The molecular formula is C18H24N6O4S. The number of imidazole rings is 1. The van der Waals surface area contributed by atoms with Gasteiger partial charge in [-0.25, -0.2) is 23.4 Å². The molecule has 1 unspecified atom stereocenters. The Kier molecular flexibility index (Phi) is 4.57. The zero-order valence-corrected chi connectivity index (χ0v) is 17.1. The largest absolute Gasteiger partial charge is 0.378 e. The molecule has 156 valence electrons. The van der Waals surface area contributed by atoms with Gasteiger partial charge in [0.05, 0.1) is 43.9 Å². The Morgan fingerprint density at radius 1 is 1.14 bits per heavy atom. The quantitative estimate of drug-likeness (QED) is 0.679. The minimum absolute atomic E-state index is 0.0747. The van der Waals surface area contributed by atoms with Crippen molar-refractivity contribution < 1.29 is 17.9 Å². The Labute approximate surface area is 169 Å². The summed E-state index contributed by atoms with van der Waals surface area (Å²) in [6.07, 6.45) is 5.51. The van der Waals surface area contributed by atoms with Crippen molar-refractivity contribution in [3.8, 4) is 0 Å². The number of anilines is 1. The number of aryl methyl sites for hydroxylation is 1. The standard InChI is InChI=1S/C18H24N6O4S/c1-22-9-15(20-13-22)29(25,26)24-3-2-18(11-24)12-28-10-14-8-19-17(21-16(14)18)23-4-6-27-7-5-23/h8-9,13H,2-7,10-12H2,1H3. The van der Waals surface area contributed by atoms with E-state index in [4.69, 9.17) is 14.5 Å². The van der Waals surface area contributed by atoms with Gasteiger partial charge in [0.1, 0.15) is 0 Å². The number of sulfonamides is 1. The lowest BCUT2D eigenvalue weighted by molar-refractivity contribution is 0.0530. The summed E-state index contributed by atoms with van der Waals surface area (Å²) in [6.45, 7) is 4.47. The highest BCUT2D eigenvalue weighted by Gasteiger charge is 2.48. The molecule has 2 saturated heterocycles. The maximum atomic E-state index is 13.1. The van der Waals surface area contributed by atoms with Crippen molar-refractivity contribution in [1.29, 1.82) is 0 Å². The molecule has 0 aliphatic carbocycles. The number of rotatable bonds is 3. The van der Waals surface area contributed by atoms with Gasteiger partial charge in [-0.05, 0) is 6.42 Å². The molecule has 3 aliphatic heterocycles. The van der Waals surface area contributed by atoms with E-state index >= 15 is 0 Å². The number of hydrogen-bond donors (Lipinski definition) is 0. The van der Waals surface area contributed by atoms with Crippen LogP contribution < -0.4 is 4.90 Å². The van der Waals surface area contributed by atoms with Gasteiger partial charge in [0.2, 0.25) is 5.95 Å². The molecule has 3 aliphatic rings. The van der Waals surface area contributed by atoms with Crippen LogP contribution in [0.2, 0.25) is 0 Å². The molecule has 0 saturated carbocycles. The van der Waals surface area contributed by atoms with Crippen molar-refractivity contribution in [2.24, 2.45) is 7.05 Å². The summed E-state index contributed by atoms with van der Waals surface area (Å²) in [6, 6.07) is 0. The molecular weight excluding hydrogens is 396 g/mol. The normalized spacial score (nSPS) is 25.5. The van der Waals surface area contributed by atoms with E-state index in [1.165, 1.54) is 16.8 Å². The van der Waals surface area contributed by atoms with Crippen molar-refractivity contribution in [3.63, 3.8) is 0 Å². The number of aromatic nitrogens is 4. The first-order chi connectivity index (χ1) is 14.0. The smallest absolute Gasteiger partial charge is 0.262 e. The number of nitrogens with zero attached hydrogens (tertiary/aromatic N) is 6. The van der Waals surface area contributed by atoms with Crippen molar-refractivity contribution in [1.82, 2.24) is 23.8 Å². The fourth-order valence-corrected chi connectivity index (χ4v) is 5.80. The second-order valence-electron chi connectivity index (χ2n) is 7.88. The third-order valence-electron chi connectivity index (χ3n) is 5.89. The second kappa shape index (κ2) is 7.01. The Morgan fingerprint density at radius 3 is 2.72 bits per heavy atom. The van der Waals surface area contributed by atoms with Crippen LogP contribution in [-0.2, 0) is 38.6 Å². The fraction of sp³-hybridized carbons (Fsp3) is 0.611. The summed E-state index contributed by atoms with van der Waals surface area (Å²) in [5.74, 6) is 0.680. The second-order valence-corrected chi connectivity index (χ2v) is 9.77. The van der Waals surface area contributed by atoms with Crippen LogP contribution in [0.5, 0.6) is 0 Å². The molecule has 11 heteroatoms. The van der Waals surface area contributed by atoms with Crippen LogP contribution in [0.15, 0.2) is 23.7 Å². The van der Waals surface area contributed by atoms with Crippen LogP contribution in [-0.4, -0.2) is 78.2 Å². The minimum atomic E-state index is -3.65. The zero-order valence-electron chi connectivity index (χ0n) is 16.3. The molecule has 0 radical (unpaired) electrons. The maximum Gasteiger partial charge on any atom is 0.262 e. The highest BCUT2D eigenvalue weighted by molar-refractivity contribution is 7.89. The van der Waals surface area contributed by atoms with Gasteiger partial charge in [0.15, 0.2) is 5.03 Å². The number of ether oxygens (including phenoxy) is 2. The van der Waals surface area contributed by atoms with Gasteiger partial charge in [-0.2, -0.15) is 4.31 Å². The van der Waals surface area contributed by atoms with Crippen LogP contribution in [0.4, 0.5) is 5.95 Å². The Balaban J connectivity index is 1.46. The Morgan fingerprint density at radius 2 is 1.97 bits per heavy atom. The number of morpholine rings is 1. The Bertz CT molecular complexity index is 1020. The minimum Gasteiger partial charge on any atom is -0.378 e. The molecule has 2 aromatic heterocycles. The summed E-state index contributed by atoms with van der Waals surface area (Å²) < 4.78 is 40.5. The first-order valence-electron chi connectivity index (χ1n) is 9.73. The van der Waals surface area contributed by atoms with E-state index in [2.05, 4.69) is 14.9 Å². The van der Waals surface area contributed by atoms with Gasteiger partial charge in [-0.15, -0.1) is 0 Å². The van der Waals surface area contributed by atoms with E-state index in [0.29, 0.717) is 51.9 Å². The monoisotopic (exact) mass is 420 g/mol. The highest BCUT2D eigenvalue weighted by atomic mass is 32.2. The summed E-state index contributed by atoms with van der Waals surface area (Å²) in [7, 11) is -1.89. The summed E-state index contributed by atoms with van der Waals surface area (Å²) >= 11 is 0. The zero-order chi connectivity index (χ0) is 20.1. The van der Waals surface area contributed by atoms with Gasteiger partial charge in [0.25, 0.3) is 10.0 Å². The predicted octanol–water partition coefficient (Wildman–Crippen LogP) is -0.0907. The topological polar surface area (TPSA) is 103 Å². The molecule has 0 amide bonds. The van der Waals surface area contributed by atoms with E-state index in [-0.39, 0.29) is 5.03 Å². The molecule has 2 aromatic rings. The molecule has 1 atom stereocenters. The average Bonchev–Trinajstić information content (AvgIpc) is 3.37. The molecule has 10 nitrogen and oxygen atoms in total. The lowest BCUT2D eigenvalue weighted by atomic mass is 9.81. The summed E-state index contributed by atoms with van der Waals surface area (Å²) in [5.41, 5.74) is 1.39. The van der Waals surface area contributed by atoms with Crippen LogP contribution >= 0.6 is 0 Å². The molecule has 5 heterocycles. The van der Waals surface area contributed by atoms with Gasteiger partial charge in [0, 0.05) is 51.2 Å². The van der Waals surface area contributed by atoms with Crippen LogP contribution in [0.3, 0.4) is 0 Å². The molecule has 0 bridgehead atoms. The van der Waals surface area contributed by atoms with Crippen molar-refractivity contribution in [2.45, 2.75) is 23.5 Å². The van der Waals surface area contributed by atoms with Gasteiger partial charge >= 0.3 is 0 Å². The van der Waals surface area contributed by atoms with E-state index in [1.54, 1.807) is 11.6 Å². The molecule has 2 fully saturated rings. The first-order valence-corrected chi connectivity index (χ1v) is 11.2. The van der Waals surface area contributed by atoms with E-state index in [9.17, 15) is 8.42 Å². The van der Waals surface area contributed by atoms with Gasteiger partial charge in [-0.3, -0.25) is 0 Å². The first kappa shape index (κ1) is 18.9. The molecule has 29 heavy (non-hydrogen) atoms. The van der Waals surface area contributed by atoms with Crippen LogP contribution in [0.25, 0.3) is 0 Å². The number of fused-ring (bicyclic) bond motifs is 2. The highest BCUT2D eigenvalue weighted by Crippen LogP contribution is 2.41. The van der Waals surface area contributed by atoms with Crippen LogP contribution in [0, 0.1) is 0 Å². The third-order valence-corrected chi connectivity index (χ3v) is 7.62. The van der Waals surface area contributed by atoms with Gasteiger partial charge < -0.3 is 18.9 Å². The third kappa shape index (κ3) is 3.21. The average molecular weight is 420 g/mol. The van der Waals surface area contributed by atoms with Crippen LogP contribution in [0.1, 0.15) is 17.7 Å². The van der Waals surface area contributed by atoms with Crippen molar-refractivity contribution >= 4 is 16.0 Å². The predicted molar refractivity (Wildman–Crippen MR) is 103 cm³/mol. The maximum absolute atomic E-state index is 13.1. The van der Waals surface area contributed by atoms with E-state index < -0.39 is 15.4 Å². The Hall–Kier alpha value is -2.08. The van der Waals surface area contributed by atoms with E-state index in [1.807, 2.05) is 6.20 Å². The van der Waals surface area contributed by atoms with E-state index in [0.717, 1.165) is 24.3 Å². The van der Waals surface area contributed by atoms with Crippen molar-refractivity contribution in [3.05, 3.63) is 30.0 Å². The van der Waals surface area contributed by atoms with Crippen molar-refractivity contribution in [2.75, 3.05) is 50.9 Å². The lowest BCUT2D eigenvalue weighted by Crippen LogP contribution is -2.43. The lowest BCUT2D eigenvalue weighted by Gasteiger charge is -2.35. The molecule has 0 aromatic carbocycles. The molecule has 5 rings (SSSR count). The summed E-state index contributed by atoms with van der Waals surface area (Å²) in [5, 5.41) is 0.0747. The van der Waals surface area contributed by atoms with Gasteiger partial charge in [-0.1, -0.05) is 0 Å². The fourth-order valence-electron chi connectivity index (χ4n) is 4.31. The SMILES string of the molecule is Cn1cnc(S(=O)(=O)N2CCC3(COCc4cnc(N5CCOCC5)nc43)C2)c1. The molecule has 0 N–H and O–H groups in total. The molecule has 1 spiro atoms.